The molecule has 0 aromatic rings. The van der Waals surface area contributed by atoms with Crippen LogP contribution in [0.5, 0.6) is 0 Å². The number of hydrazone groups is 1. The second kappa shape index (κ2) is 9.50. The van der Waals surface area contributed by atoms with Crippen LogP contribution in [0, 0.1) is 5.41 Å². The van der Waals surface area contributed by atoms with Crippen molar-refractivity contribution in [3.8, 4) is 0 Å². The van der Waals surface area contributed by atoms with E-state index in [1.165, 1.54) is 7.05 Å². The molecule has 0 aromatic carbocycles. The summed E-state index contributed by atoms with van der Waals surface area (Å²) in [5.74, 6) is -0.0893. The van der Waals surface area contributed by atoms with Crippen molar-refractivity contribution in [3.05, 3.63) is 58.1 Å². The Morgan fingerprint density at radius 1 is 1.21 bits per heavy atom. The van der Waals surface area contributed by atoms with Crippen LogP contribution in [0.2, 0.25) is 0 Å². The Balaban J connectivity index is 2.17. The topological polar surface area (TPSA) is 87.6 Å². The molecule has 29 heavy (non-hydrogen) atoms. The Labute approximate surface area is 174 Å². The van der Waals surface area contributed by atoms with Gasteiger partial charge in [0.25, 0.3) is 0 Å². The summed E-state index contributed by atoms with van der Waals surface area (Å²) in [6.07, 6.45) is 14.3. The summed E-state index contributed by atoms with van der Waals surface area (Å²) in [4.78, 5) is 11.7. The number of amides is 1. The molecule has 7 heteroatoms. The van der Waals surface area contributed by atoms with E-state index >= 15 is 0 Å². The molecule has 1 aliphatic heterocycles. The van der Waals surface area contributed by atoms with E-state index in [2.05, 4.69) is 29.1 Å². The molecular formula is C22H31N3O3S. The van der Waals surface area contributed by atoms with Crippen LogP contribution in [0.4, 0.5) is 0 Å². The first-order chi connectivity index (χ1) is 13.5. The zero-order valence-corrected chi connectivity index (χ0v) is 18.7. The predicted octanol–water partition coefficient (Wildman–Crippen LogP) is 3.88. The molecule has 0 radical (unpaired) electrons. The molecule has 2 rings (SSSR count). The molecule has 1 heterocycles. The van der Waals surface area contributed by atoms with Crippen LogP contribution in [-0.2, 0) is 14.8 Å². The van der Waals surface area contributed by atoms with Crippen LogP contribution < -0.4 is 10.1 Å². The molecular weight excluding hydrogens is 386 g/mol. The van der Waals surface area contributed by atoms with Gasteiger partial charge in [-0.3, -0.25) is 4.79 Å². The molecule has 6 nitrogen and oxygen atoms in total. The largest absolute Gasteiger partial charge is 0.273 e. The van der Waals surface area contributed by atoms with Crippen molar-refractivity contribution >= 4 is 21.6 Å². The fraction of sp³-hybridized carbons (Fsp3) is 0.455. The summed E-state index contributed by atoms with van der Waals surface area (Å²) >= 11 is 0. The van der Waals surface area contributed by atoms with Gasteiger partial charge in [-0.15, -0.1) is 0 Å². The summed E-state index contributed by atoms with van der Waals surface area (Å²) < 4.78 is 27.3. The van der Waals surface area contributed by atoms with Crippen molar-refractivity contribution in [1.29, 1.82) is 0 Å². The van der Waals surface area contributed by atoms with Crippen molar-refractivity contribution in [2.24, 2.45) is 10.5 Å². The van der Waals surface area contributed by atoms with Gasteiger partial charge in [0.15, 0.2) is 0 Å². The molecule has 0 bridgehead atoms. The zero-order chi connectivity index (χ0) is 21.7. The summed E-state index contributed by atoms with van der Waals surface area (Å²) in [6, 6.07) is 0. The highest BCUT2D eigenvalue weighted by molar-refractivity contribution is 7.93. The first kappa shape index (κ1) is 23.0. The lowest BCUT2D eigenvalue weighted by Gasteiger charge is -2.33. The van der Waals surface area contributed by atoms with E-state index in [1.807, 2.05) is 50.3 Å². The van der Waals surface area contributed by atoms with Crippen LogP contribution in [0.25, 0.3) is 0 Å². The minimum absolute atomic E-state index is 0.0893. The Hall–Kier alpha value is -2.25. The van der Waals surface area contributed by atoms with Crippen molar-refractivity contribution in [3.63, 3.8) is 0 Å². The van der Waals surface area contributed by atoms with E-state index in [-0.39, 0.29) is 11.3 Å². The van der Waals surface area contributed by atoms with Crippen molar-refractivity contribution in [2.75, 3.05) is 7.05 Å². The monoisotopic (exact) mass is 417 g/mol. The molecule has 0 saturated carbocycles. The fourth-order valence-corrected chi connectivity index (χ4v) is 4.75. The quantitative estimate of drug-likeness (QED) is 0.616. The molecule has 2 N–H and O–H groups in total. The van der Waals surface area contributed by atoms with Crippen molar-refractivity contribution in [1.82, 2.24) is 10.1 Å². The Morgan fingerprint density at radius 2 is 1.93 bits per heavy atom. The number of allylic oxidation sites excluding steroid dienone is 10. The molecule has 0 atom stereocenters. The lowest BCUT2D eigenvalue weighted by Crippen LogP contribution is -2.28. The van der Waals surface area contributed by atoms with Gasteiger partial charge < -0.3 is 0 Å². The number of hydrogen-bond acceptors (Lipinski definition) is 4. The first-order valence-electron chi connectivity index (χ1n) is 9.79. The maximum Gasteiger partial charge on any atom is 0.246 e. The lowest BCUT2D eigenvalue weighted by atomic mass is 9.75. The summed E-state index contributed by atoms with van der Waals surface area (Å²) in [7, 11) is -1.98. The van der Waals surface area contributed by atoms with Gasteiger partial charge in [0.05, 0.1) is 17.0 Å². The van der Waals surface area contributed by atoms with Gasteiger partial charge >= 0.3 is 0 Å². The zero-order valence-electron chi connectivity index (χ0n) is 17.9. The molecule has 0 spiro atoms. The van der Waals surface area contributed by atoms with Crippen molar-refractivity contribution < 1.29 is 13.2 Å². The number of rotatable bonds is 7. The highest BCUT2D eigenvalue weighted by Gasteiger charge is 2.33. The minimum atomic E-state index is -3.44. The van der Waals surface area contributed by atoms with Gasteiger partial charge in [0.2, 0.25) is 15.9 Å². The van der Waals surface area contributed by atoms with Gasteiger partial charge in [0, 0.05) is 0 Å². The third-order valence-corrected chi connectivity index (χ3v) is 6.73. The van der Waals surface area contributed by atoms with Crippen LogP contribution in [-0.4, -0.2) is 27.1 Å². The predicted molar refractivity (Wildman–Crippen MR) is 119 cm³/mol. The second-order valence-electron chi connectivity index (χ2n) is 8.09. The highest BCUT2D eigenvalue weighted by atomic mass is 32.2. The van der Waals surface area contributed by atoms with E-state index < -0.39 is 10.0 Å². The van der Waals surface area contributed by atoms with E-state index in [0.717, 1.165) is 35.3 Å². The molecule has 1 aliphatic carbocycles. The highest BCUT2D eigenvalue weighted by Crippen LogP contribution is 2.42. The maximum atomic E-state index is 12.4. The summed E-state index contributed by atoms with van der Waals surface area (Å²) in [5, 5.41) is 3.95. The van der Waals surface area contributed by atoms with E-state index in [9.17, 15) is 13.2 Å². The number of nitrogens with zero attached hydrogens (tertiary/aromatic N) is 1. The number of nitrogens with one attached hydrogen (secondary N) is 2. The van der Waals surface area contributed by atoms with Crippen LogP contribution in [0.1, 0.15) is 53.4 Å². The molecule has 0 aromatic heterocycles. The minimum Gasteiger partial charge on any atom is -0.273 e. The summed E-state index contributed by atoms with van der Waals surface area (Å²) in [6.45, 7) is 8.11. The second-order valence-corrected chi connectivity index (χ2v) is 10.00. The Morgan fingerprint density at radius 3 is 2.55 bits per heavy atom. The average Bonchev–Trinajstić information content (AvgIpc) is 3.04. The molecule has 1 amide bonds. The Kier molecular flexibility index (Phi) is 7.54. The number of carbonyl (C=O) groups excluding carboxylic acids is 1. The standard InChI is InChI=1S/C22H31N3O3S/c1-16(8-6-9-17(2)14-18-15-21(26)25-24-18)11-12-19-20(29(27,28)23-5)10-7-13-22(19,3)4/h6,8-9,11-12,14,23H,7,10,13,15H2,1-5H3,(H,25,26)/b9-6+,12-11+,16-8+,17-14+. The first-order valence-corrected chi connectivity index (χ1v) is 11.3. The number of sulfonamides is 1. The molecule has 0 unspecified atom stereocenters. The lowest BCUT2D eigenvalue weighted by molar-refractivity contribution is -0.119. The van der Waals surface area contributed by atoms with E-state index in [1.54, 1.807) is 0 Å². The van der Waals surface area contributed by atoms with E-state index in [0.29, 0.717) is 17.7 Å². The van der Waals surface area contributed by atoms with E-state index in [4.69, 9.17) is 0 Å². The van der Waals surface area contributed by atoms with Crippen LogP contribution in [0.3, 0.4) is 0 Å². The number of hydrogen-bond donors (Lipinski definition) is 2. The fourth-order valence-electron chi connectivity index (χ4n) is 3.45. The Bertz CT molecular complexity index is 946. The van der Waals surface area contributed by atoms with Gasteiger partial charge in [-0.05, 0) is 62.8 Å². The van der Waals surface area contributed by atoms with Gasteiger partial charge in [-0.2, -0.15) is 5.10 Å². The SMILES string of the molecule is CNS(=O)(=O)C1=C(/C=C/C(C)=C/C=C/C(C)=C/C2=NNC(=O)C2)C(C)(C)CCC1. The van der Waals surface area contributed by atoms with Crippen molar-refractivity contribution in [2.45, 2.75) is 53.4 Å². The maximum absolute atomic E-state index is 12.4. The van der Waals surface area contributed by atoms with Crippen LogP contribution in [0.15, 0.2) is 63.2 Å². The molecule has 2 aliphatic rings. The van der Waals surface area contributed by atoms with Gasteiger partial charge in [0.1, 0.15) is 0 Å². The van der Waals surface area contributed by atoms with Crippen LogP contribution >= 0.6 is 0 Å². The normalized spacial score (nSPS) is 21.3. The third kappa shape index (κ3) is 6.37. The number of carbonyl (C=O) groups is 1. The molecule has 158 valence electrons. The molecule has 0 saturated heterocycles. The van der Waals surface area contributed by atoms with Gasteiger partial charge in [-0.1, -0.05) is 49.8 Å². The summed E-state index contributed by atoms with van der Waals surface area (Å²) in [5.41, 5.74) is 5.85. The third-order valence-electron chi connectivity index (χ3n) is 5.12. The average molecular weight is 418 g/mol. The molecule has 0 fully saturated rings. The van der Waals surface area contributed by atoms with Gasteiger partial charge in [-0.25, -0.2) is 18.6 Å². The smallest absolute Gasteiger partial charge is 0.246 e.